The van der Waals surface area contributed by atoms with Crippen molar-refractivity contribution in [2.75, 3.05) is 7.05 Å². The normalized spacial score (nSPS) is 28.4. The number of likely N-dealkylation sites (tertiary alicyclic amines) is 1. The van der Waals surface area contributed by atoms with Gasteiger partial charge in [0, 0.05) is 18.5 Å². The first-order valence-electron chi connectivity index (χ1n) is 8.30. The van der Waals surface area contributed by atoms with Crippen LogP contribution in [0.25, 0.3) is 0 Å². The second-order valence-electron chi connectivity index (χ2n) is 6.83. The molecule has 2 aliphatic rings. The molecule has 0 aromatic heterocycles. The van der Waals surface area contributed by atoms with Crippen molar-refractivity contribution in [1.29, 1.82) is 0 Å². The number of aromatic hydroxyl groups is 1. The molecule has 3 N–H and O–H groups in total. The van der Waals surface area contributed by atoms with Gasteiger partial charge in [-0.2, -0.15) is 0 Å². The van der Waals surface area contributed by atoms with Crippen LogP contribution in [0.1, 0.15) is 28.8 Å². The number of carbonyl (C=O) groups is 1. The number of rotatable bonds is 2. The first kappa shape index (κ1) is 16.1. The van der Waals surface area contributed by atoms with E-state index in [1.807, 2.05) is 19.1 Å². The summed E-state index contributed by atoms with van der Waals surface area (Å²) in [7, 11) is 1.77. The fourth-order valence-corrected chi connectivity index (χ4v) is 4.08. The van der Waals surface area contributed by atoms with E-state index in [1.165, 1.54) is 12.1 Å². The van der Waals surface area contributed by atoms with Crippen LogP contribution in [0.15, 0.2) is 42.5 Å². The van der Waals surface area contributed by atoms with Crippen molar-refractivity contribution in [3.8, 4) is 5.75 Å². The van der Waals surface area contributed by atoms with Gasteiger partial charge in [0.2, 0.25) is 5.91 Å². The number of hydrogen-bond acceptors (Lipinski definition) is 4. The molecule has 2 fully saturated rings. The molecule has 0 aliphatic carbocycles. The van der Waals surface area contributed by atoms with E-state index in [9.17, 15) is 14.3 Å². The van der Waals surface area contributed by atoms with Gasteiger partial charge >= 0.3 is 0 Å². The Morgan fingerprint density at radius 1 is 1.08 bits per heavy atom. The number of hydrogen-bond donors (Lipinski definition) is 3. The van der Waals surface area contributed by atoms with E-state index in [2.05, 4.69) is 10.9 Å². The molecule has 1 amide bonds. The van der Waals surface area contributed by atoms with Gasteiger partial charge in [-0.05, 0) is 30.7 Å². The third-order valence-corrected chi connectivity index (χ3v) is 5.29. The van der Waals surface area contributed by atoms with E-state index >= 15 is 0 Å². The van der Waals surface area contributed by atoms with Gasteiger partial charge < -0.3 is 10.0 Å². The number of benzene rings is 2. The summed E-state index contributed by atoms with van der Waals surface area (Å²) in [5.41, 5.74) is 8.93. The summed E-state index contributed by atoms with van der Waals surface area (Å²) < 4.78 is 13.3. The minimum absolute atomic E-state index is 0.0125. The summed E-state index contributed by atoms with van der Waals surface area (Å²) >= 11 is 0. The molecule has 4 unspecified atom stereocenters. The third kappa shape index (κ3) is 2.49. The maximum atomic E-state index is 13.3. The van der Waals surface area contributed by atoms with Crippen molar-refractivity contribution >= 4 is 5.91 Å². The van der Waals surface area contributed by atoms with Crippen molar-refractivity contribution in [2.24, 2.45) is 5.92 Å². The molecule has 0 saturated carbocycles. The fourth-order valence-electron chi connectivity index (χ4n) is 4.08. The Morgan fingerprint density at radius 2 is 1.76 bits per heavy atom. The molecule has 2 aromatic rings. The highest BCUT2D eigenvalue weighted by Crippen LogP contribution is 2.47. The van der Waals surface area contributed by atoms with Crippen LogP contribution in [0.2, 0.25) is 0 Å². The highest BCUT2D eigenvalue weighted by Gasteiger charge is 2.54. The Labute approximate surface area is 145 Å². The molecule has 4 atom stereocenters. The molecule has 2 aliphatic heterocycles. The van der Waals surface area contributed by atoms with Gasteiger partial charge in [-0.3, -0.25) is 4.79 Å². The lowest BCUT2D eigenvalue weighted by Crippen LogP contribution is -2.39. The molecule has 4 rings (SSSR count). The molecular formula is C19H20FN3O2. The summed E-state index contributed by atoms with van der Waals surface area (Å²) in [6, 6.07) is 10.9. The number of nitrogens with zero attached hydrogens (tertiary/aromatic N) is 1. The van der Waals surface area contributed by atoms with E-state index in [0.717, 1.165) is 16.7 Å². The number of fused-ring (bicyclic) bond motifs is 1. The second-order valence-corrected chi connectivity index (χ2v) is 6.83. The Bertz CT molecular complexity index is 824. The van der Waals surface area contributed by atoms with Crippen LogP contribution >= 0.6 is 0 Å². The van der Waals surface area contributed by atoms with Crippen LogP contribution in [-0.2, 0) is 4.79 Å². The molecule has 2 aromatic carbocycles. The quantitative estimate of drug-likeness (QED) is 0.783. The number of carbonyl (C=O) groups excluding carboxylic acids is 1. The van der Waals surface area contributed by atoms with E-state index in [-0.39, 0.29) is 41.5 Å². The first-order valence-corrected chi connectivity index (χ1v) is 8.30. The molecule has 5 nitrogen and oxygen atoms in total. The number of likely N-dealkylation sites (N-methyl/N-ethyl adjacent to an activating group) is 1. The van der Waals surface area contributed by atoms with E-state index in [4.69, 9.17) is 0 Å². The maximum Gasteiger partial charge on any atom is 0.241 e. The molecule has 0 bridgehead atoms. The fraction of sp³-hybridized carbons (Fsp3) is 0.316. The largest absolute Gasteiger partial charge is 0.508 e. The minimum Gasteiger partial charge on any atom is -0.508 e. The number of phenolic OH excluding ortho intramolecular Hbond substituents is 1. The third-order valence-electron chi connectivity index (χ3n) is 5.29. The lowest BCUT2D eigenvalue weighted by molar-refractivity contribution is -0.129. The van der Waals surface area contributed by atoms with E-state index in [1.54, 1.807) is 30.1 Å². The maximum absolute atomic E-state index is 13.3. The van der Waals surface area contributed by atoms with Crippen LogP contribution in [-0.4, -0.2) is 29.0 Å². The van der Waals surface area contributed by atoms with Crippen LogP contribution in [0.3, 0.4) is 0 Å². The Hall–Kier alpha value is -2.44. The first-order chi connectivity index (χ1) is 12.0. The molecule has 25 heavy (non-hydrogen) atoms. The van der Waals surface area contributed by atoms with Crippen LogP contribution in [0.5, 0.6) is 5.75 Å². The predicted molar refractivity (Wildman–Crippen MR) is 91.0 cm³/mol. The second kappa shape index (κ2) is 5.82. The molecule has 6 heteroatoms. The highest BCUT2D eigenvalue weighted by atomic mass is 19.1. The van der Waals surface area contributed by atoms with Crippen molar-refractivity contribution in [2.45, 2.75) is 25.0 Å². The minimum atomic E-state index is -0.384. The van der Waals surface area contributed by atoms with Crippen LogP contribution < -0.4 is 10.9 Å². The van der Waals surface area contributed by atoms with Gasteiger partial charge in [-0.15, -0.1) is 0 Å². The monoisotopic (exact) mass is 341 g/mol. The van der Waals surface area contributed by atoms with Gasteiger partial charge in [0.05, 0.1) is 12.1 Å². The molecule has 2 heterocycles. The van der Waals surface area contributed by atoms with Crippen LogP contribution in [0.4, 0.5) is 4.39 Å². The average molecular weight is 341 g/mol. The van der Waals surface area contributed by atoms with Crippen molar-refractivity contribution in [1.82, 2.24) is 15.8 Å². The number of nitrogens with one attached hydrogen (secondary N) is 2. The van der Waals surface area contributed by atoms with Gasteiger partial charge in [0.1, 0.15) is 17.6 Å². The lowest BCUT2D eigenvalue weighted by atomic mass is 9.83. The van der Waals surface area contributed by atoms with E-state index in [0.29, 0.717) is 0 Å². The Morgan fingerprint density at radius 3 is 2.48 bits per heavy atom. The summed E-state index contributed by atoms with van der Waals surface area (Å²) in [5.74, 6) is -0.231. The van der Waals surface area contributed by atoms with Crippen molar-refractivity contribution < 1.29 is 14.3 Å². The van der Waals surface area contributed by atoms with Crippen LogP contribution in [0, 0.1) is 18.7 Å². The summed E-state index contributed by atoms with van der Waals surface area (Å²) in [6.07, 6.45) is 0. The van der Waals surface area contributed by atoms with Gasteiger partial charge in [-0.25, -0.2) is 15.2 Å². The standard InChI is InChI=1S/C19H20FN3O2/c1-10-3-8-14(24)13(9-10)16-15-17(22-21-16)19(25)23(2)18(15)11-4-6-12(20)7-5-11/h3-9,15-18,21-22,24H,1-2H3. The number of amides is 1. The average Bonchev–Trinajstić information content (AvgIpc) is 3.11. The predicted octanol–water partition coefficient (Wildman–Crippen LogP) is 2.19. The lowest BCUT2D eigenvalue weighted by Gasteiger charge is -2.29. The molecule has 0 radical (unpaired) electrons. The zero-order chi connectivity index (χ0) is 17.7. The van der Waals surface area contributed by atoms with Gasteiger partial charge in [0.15, 0.2) is 0 Å². The highest BCUT2D eigenvalue weighted by molar-refractivity contribution is 5.86. The molecule has 0 spiro atoms. The Balaban J connectivity index is 1.78. The summed E-state index contributed by atoms with van der Waals surface area (Å²) in [5, 5.41) is 10.3. The number of halogens is 1. The summed E-state index contributed by atoms with van der Waals surface area (Å²) in [4.78, 5) is 14.4. The van der Waals surface area contributed by atoms with Gasteiger partial charge in [-0.1, -0.05) is 29.8 Å². The van der Waals surface area contributed by atoms with Crippen molar-refractivity contribution in [3.63, 3.8) is 0 Å². The Kier molecular flexibility index (Phi) is 3.74. The number of phenols is 1. The van der Waals surface area contributed by atoms with Crippen molar-refractivity contribution in [3.05, 3.63) is 65.0 Å². The van der Waals surface area contributed by atoms with Gasteiger partial charge in [0.25, 0.3) is 0 Å². The topological polar surface area (TPSA) is 64.6 Å². The molecule has 2 saturated heterocycles. The SMILES string of the molecule is Cc1ccc(O)c(C2NNC3C(=O)N(C)C(c4ccc(F)cc4)C32)c1. The zero-order valence-corrected chi connectivity index (χ0v) is 14.0. The smallest absolute Gasteiger partial charge is 0.241 e. The molecule has 130 valence electrons. The summed E-state index contributed by atoms with van der Waals surface area (Å²) in [6.45, 7) is 1.96. The molecular weight excluding hydrogens is 321 g/mol. The number of aryl methyl sites for hydroxylation is 1. The van der Waals surface area contributed by atoms with E-state index < -0.39 is 0 Å². The zero-order valence-electron chi connectivity index (χ0n) is 14.0. The number of hydrazine groups is 1.